The summed E-state index contributed by atoms with van der Waals surface area (Å²) in [5.74, 6) is -2.00. The molecule has 3 nitrogen and oxygen atoms in total. The summed E-state index contributed by atoms with van der Waals surface area (Å²) in [5, 5.41) is 9.31. The molecule has 0 saturated carbocycles. The van der Waals surface area contributed by atoms with Crippen LogP contribution in [0.15, 0.2) is 18.2 Å². The lowest BCUT2D eigenvalue weighted by atomic mass is 10.1. The van der Waals surface area contributed by atoms with Gasteiger partial charge >= 0.3 is 0 Å². The lowest BCUT2D eigenvalue weighted by molar-refractivity contribution is 0.0542. The Morgan fingerprint density at radius 2 is 1.94 bits per heavy atom. The zero-order valence-corrected chi connectivity index (χ0v) is 9.20. The molecular formula is C12H13F2NO2. The summed E-state index contributed by atoms with van der Waals surface area (Å²) in [5.41, 5.74) is -0.122. The van der Waals surface area contributed by atoms with E-state index in [9.17, 15) is 18.7 Å². The molecule has 0 atom stereocenters. The quantitative estimate of drug-likeness (QED) is 0.810. The van der Waals surface area contributed by atoms with Crippen LogP contribution in [-0.2, 0) is 0 Å². The number of halogens is 2. The van der Waals surface area contributed by atoms with Gasteiger partial charge in [0.1, 0.15) is 11.6 Å². The van der Waals surface area contributed by atoms with Gasteiger partial charge < -0.3 is 10.0 Å². The topological polar surface area (TPSA) is 40.5 Å². The molecule has 5 heteroatoms. The zero-order chi connectivity index (χ0) is 12.4. The smallest absolute Gasteiger partial charge is 0.256 e. The van der Waals surface area contributed by atoms with Gasteiger partial charge in [-0.3, -0.25) is 4.79 Å². The van der Waals surface area contributed by atoms with E-state index in [1.165, 1.54) is 4.90 Å². The molecule has 1 saturated heterocycles. The Bertz CT molecular complexity index is 429. The second-order valence-corrected chi connectivity index (χ2v) is 4.15. The van der Waals surface area contributed by atoms with Crippen LogP contribution in [0.4, 0.5) is 8.78 Å². The first kappa shape index (κ1) is 12.0. The number of amides is 1. The fourth-order valence-electron chi connectivity index (χ4n) is 1.90. The number of likely N-dealkylation sites (tertiary alicyclic amines) is 1. The van der Waals surface area contributed by atoms with Gasteiger partial charge in [-0.2, -0.15) is 0 Å². The van der Waals surface area contributed by atoms with Crippen LogP contribution in [0.25, 0.3) is 0 Å². The van der Waals surface area contributed by atoms with Crippen LogP contribution in [0.2, 0.25) is 0 Å². The van der Waals surface area contributed by atoms with Gasteiger partial charge in [0.05, 0.1) is 11.7 Å². The van der Waals surface area contributed by atoms with Crippen molar-refractivity contribution in [1.82, 2.24) is 4.90 Å². The lowest BCUT2D eigenvalue weighted by Crippen LogP contribution is -2.40. The first-order valence-corrected chi connectivity index (χ1v) is 5.50. The van der Waals surface area contributed by atoms with E-state index in [1.807, 2.05) is 0 Å². The van der Waals surface area contributed by atoms with Crippen molar-refractivity contribution >= 4 is 5.91 Å². The molecule has 0 unspecified atom stereocenters. The third-order valence-corrected chi connectivity index (χ3v) is 2.91. The molecule has 1 aromatic rings. The zero-order valence-electron chi connectivity index (χ0n) is 9.20. The number of nitrogens with zero attached hydrogens (tertiary/aromatic N) is 1. The predicted molar refractivity (Wildman–Crippen MR) is 57.5 cm³/mol. The third kappa shape index (κ3) is 2.61. The summed E-state index contributed by atoms with van der Waals surface area (Å²) in [4.78, 5) is 13.4. The number of hydrogen-bond acceptors (Lipinski definition) is 2. The minimum Gasteiger partial charge on any atom is -0.393 e. The molecule has 1 aromatic carbocycles. The summed E-state index contributed by atoms with van der Waals surface area (Å²) < 4.78 is 26.1. The van der Waals surface area contributed by atoms with Gasteiger partial charge in [-0.1, -0.05) is 0 Å². The minimum atomic E-state index is -0.846. The Balaban J connectivity index is 2.14. The van der Waals surface area contributed by atoms with Crippen LogP contribution >= 0.6 is 0 Å². The van der Waals surface area contributed by atoms with E-state index in [1.54, 1.807) is 0 Å². The monoisotopic (exact) mass is 241 g/mol. The number of carbonyl (C=O) groups is 1. The van der Waals surface area contributed by atoms with Gasteiger partial charge in [-0.15, -0.1) is 0 Å². The highest BCUT2D eigenvalue weighted by Gasteiger charge is 2.24. The van der Waals surface area contributed by atoms with Crippen molar-refractivity contribution < 1.29 is 18.7 Å². The predicted octanol–water partition coefficient (Wildman–Crippen LogP) is 1.56. The van der Waals surface area contributed by atoms with Crippen molar-refractivity contribution in [2.45, 2.75) is 18.9 Å². The van der Waals surface area contributed by atoms with Gasteiger partial charge in [0.15, 0.2) is 0 Å². The number of piperidine rings is 1. The highest BCUT2D eigenvalue weighted by Crippen LogP contribution is 2.16. The largest absolute Gasteiger partial charge is 0.393 e. The molecule has 0 spiro atoms. The van der Waals surface area contributed by atoms with Crippen LogP contribution in [0.1, 0.15) is 23.2 Å². The van der Waals surface area contributed by atoms with Gasteiger partial charge in [-0.25, -0.2) is 8.78 Å². The van der Waals surface area contributed by atoms with Crippen LogP contribution in [-0.4, -0.2) is 35.1 Å². The lowest BCUT2D eigenvalue weighted by Gasteiger charge is -2.29. The normalized spacial score (nSPS) is 17.2. The van der Waals surface area contributed by atoms with Crippen LogP contribution in [0.5, 0.6) is 0 Å². The van der Waals surface area contributed by atoms with Crippen LogP contribution in [0.3, 0.4) is 0 Å². The van der Waals surface area contributed by atoms with E-state index in [0.29, 0.717) is 32.0 Å². The maximum atomic E-state index is 13.4. The van der Waals surface area contributed by atoms with Crippen molar-refractivity contribution in [1.29, 1.82) is 0 Å². The summed E-state index contributed by atoms with van der Waals surface area (Å²) >= 11 is 0. The van der Waals surface area contributed by atoms with Crippen LogP contribution in [0, 0.1) is 11.6 Å². The minimum absolute atomic E-state index is 0.122. The SMILES string of the molecule is O=C(c1ccc(F)cc1F)N1CCC(O)CC1. The van der Waals surface area contributed by atoms with E-state index < -0.39 is 23.6 Å². The Hall–Kier alpha value is -1.49. The highest BCUT2D eigenvalue weighted by atomic mass is 19.1. The van der Waals surface area contributed by atoms with Gasteiger partial charge in [-0.05, 0) is 25.0 Å². The first-order chi connectivity index (χ1) is 8.08. The molecule has 1 fully saturated rings. The summed E-state index contributed by atoms with van der Waals surface area (Å²) in [6, 6.07) is 2.92. The highest BCUT2D eigenvalue weighted by molar-refractivity contribution is 5.94. The Labute approximate surface area is 97.7 Å². The number of aliphatic hydroxyl groups excluding tert-OH is 1. The molecule has 1 N–H and O–H groups in total. The average Bonchev–Trinajstić information content (AvgIpc) is 2.29. The Kier molecular flexibility index (Phi) is 3.38. The molecule has 0 aromatic heterocycles. The van der Waals surface area contributed by atoms with E-state index in [4.69, 9.17) is 0 Å². The van der Waals surface area contributed by atoms with E-state index in [-0.39, 0.29) is 5.56 Å². The van der Waals surface area contributed by atoms with E-state index >= 15 is 0 Å². The second-order valence-electron chi connectivity index (χ2n) is 4.15. The Morgan fingerprint density at radius 1 is 1.29 bits per heavy atom. The molecule has 2 rings (SSSR count). The number of carbonyl (C=O) groups excluding carboxylic acids is 1. The molecule has 17 heavy (non-hydrogen) atoms. The van der Waals surface area contributed by atoms with Gasteiger partial charge in [0.2, 0.25) is 0 Å². The van der Waals surface area contributed by atoms with Crippen molar-refractivity contribution in [3.63, 3.8) is 0 Å². The number of rotatable bonds is 1. The van der Waals surface area contributed by atoms with Crippen LogP contribution < -0.4 is 0 Å². The Morgan fingerprint density at radius 3 is 2.53 bits per heavy atom. The van der Waals surface area contributed by atoms with E-state index in [2.05, 4.69) is 0 Å². The number of benzene rings is 1. The van der Waals surface area contributed by atoms with Gasteiger partial charge in [0, 0.05) is 19.2 Å². The first-order valence-electron chi connectivity index (χ1n) is 5.50. The molecule has 1 amide bonds. The second kappa shape index (κ2) is 4.79. The standard InChI is InChI=1S/C12H13F2NO2/c13-8-1-2-10(11(14)7-8)12(17)15-5-3-9(16)4-6-15/h1-2,7,9,16H,3-6H2. The summed E-state index contributed by atoms with van der Waals surface area (Å²) in [7, 11) is 0. The number of hydrogen-bond donors (Lipinski definition) is 1. The fraction of sp³-hybridized carbons (Fsp3) is 0.417. The molecule has 1 aliphatic heterocycles. The average molecular weight is 241 g/mol. The summed E-state index contributed by atoms with van der Waals surface area (Å²) in [6.45, 7) is 0.799. The molecular weight excluding hydrogens is 228 g/mol. The fourth-order valence-corrected chi connectivity index (χ4v) is 1.90. The molecule has 0 aliphatic carbocycles. The number of aliphatic hydroxyl groups is 1. The molecule has 1 heterocycles. The van der Waals surface area contributed by atoms with Gasteiger partial charge in [0.25, 0.3) is 5.91 Å². The van der Waals surface area contributed by atoms with Crippen molar-refractivity contribution in [3.8, 4) is 0 Å². The third-order valence-electron chi connectivity index (χ3n) is 2.91. The van der Waals surface area contributed by atoms with Crippen molar-refractivity contribution in [2.75, 3.05) is 13.1 Å². The summed E-state index contributed by atoms with van der Waals surface area (Å²) in [6.07, 6.45) is 0.598. The maximum absolute atomic E-state index is 13.4. The molecule has 0 radical (unpaired) electrons. The molecule has 1 aliphatic rings. The van der Waals surface area contributed by atoms with Crippen molar-refractivity contribution in [3.05, 3.63) is 35.4 Å². The van der Waals surface area contributed by atoms with E-state index in [0.717, 1.165) is 12.1 Å². The maximum Gasteiger partial charge on any atom is 0.256 e. The molecule has 92 valence electrons. The molecule has 0 bridgehead atoms. The van der Waals surface area contributed by atoms with Crippen molar-refractivity contribution in [2.24, 2.45) is 0 Å².